The molecule has 1 fully saturated rings. The van der Waals surface area contributed by atoms with Crippen molar-refractivity contribution >= 4 is 22.9 Å². The van der Waals surface area contributed by atoms with E-state index in [1.807, 2.05) is 78.9 Å². The van der Waals surface area contributed by atoms with Gasteiger partial charge in [-0.15, -0.1) is 0 Å². The van der Waals surface area contributed by atoms with Gasteiger partial charge in [-0.3, -0.25) is 19.9 Å². The van der Waals surface area contributed by atoms with Crippen LogP contribution in [-0.4, -0.2) is 58.6 Å². The molecule has 5 aromatic rings. The van der Waals surface area contributed by atoms with Gasteiger partial charge in [0.05, 0.1) is 32.3 Å². The Hall–Kier alpha value is -4.97. The highest BCUT2D eigenvalue weighted by molar-refractivity contribution is 5.91. The number of H-pyrrole nitrogens is 1. The first kappa shape index (κ1) is 32.0. The molecule has 1 saturated heterocycles. The molecule has 1 aliphatic rings. The summed E-state index contributed by atoms with van der Waals surface area (Å²) in [6.07, 6.45) is -0.278. The molecule has 3 aromatic carbocycles. The Morgan fingerprint density at radius 2 is 1.57 bits per heavy atom. The van der Waals surface area contributed by atoms with E-state index in [0.29, 0.717) is 22.5 Å². The normalized spacial score (nSPS) is 18.0. The molecule has 2 aromatic heterocycles. The zero-order valence-electron chi connectivity index (χ0n) is 26.7. The van der Waals surface area contributed by atoms with E-state index in [-0.39, 0.29) is 30.8 Å². The Morgan fingerprint density at radius 1 is 0.979 bits per heavy atom. The number of carbonyl (C=O) groups excluding carboxylic acids is 1. The molecule has 0 saturated carbocycles. The maximum Gasteiger partial charge on any atom is 0.261 e. The fourth-order valence-corrected chi connectivity index (χ4v) is 5.91. The van der Waals surface area contributed by atoms with Crippen LogP contribution in [0, 0.1) is 5.92 Å². The second kappa shape index (κ2) is 13.4. The highest BCUT2D eigenvalue weighted by Crippen LogP contribution is 2.43. The zero-order chi connectivity index (χ0) is 33.1. The number of carbonyl (C=O) groups is 1. The van der Waals surface area contributed by atoms with Gasteiger partial charge in [0.2, 0.25) is 11.9 Å². The van der Waals surface area contributed by atoms with E-state index >= 15 is 0 Å². The van der Waals surface area contributed by atoms with Crippen molar-refractivity contribution in [1.29, 1.82) is 0 Å². The highest BCUT2D eigenvalue weighted by atomic mass is 16.6. The fourth-order valence-electron chi connectivity index (χ4n) is 5.91. The molecular formula is C36H38N4O7. The molecule has 3 N–H and O–H groups in total. The smallest absolute Gasteiger partial charge is 0.261 e. The maximum atomic E-state index is 12.8. The third-order valence-electron chi connectivity index (χ3n) is 8.50. The molecule has 3 heterocycles. The number of nitrogens with one attached hydrogen (secondary N) is 2. The first-order valence-corrected chi connectivity index (χ1v) is 15.5. The van der Waals surface area contributed by atoms with Crippen LogP contribution in [-0.2, 0) is 19.9 Å². The van der Waals surface area contributed by atoms with Crippen LogP contribution in [0.15, 0.2) is 95.9 Å². The van der Waals surface area contributed by atoms with Crippen molar-refractivity contribution < 1.29 is 28.8 Å². The van der Waals surface area contributed by atoms with Crippen molar-refractivity contribution in [2.45, 2.75) is 44.3 Å². The largest absolute Gasteiger partial charge is 0.497 e. The summed E-state index contributed by atoms with van der Waals surface area (Å²) in [5.74, 6) is 0.898. The number of aliphatic hydroxyl groups excluding tert-OH is 1. The number of methoxy groups -OCH3 is 2. The highest BCUT2D eigenvalue weighted by Gasteiger charge is 2.42. The average molecular weight is 639 g/mol. The molecule has 11 nitrogen and oxygen atoms in total. The lowest BCUT2D eigenvalue weighted by atomic mass is 9.80. The van der Waals surface area contributed by atoms with Gasteiger partial charge in [0.1, 0.15) is 29.4 Å². The van der Waals surface area contributed by atoms with E-state index in [2.05, 4.69) is 15.3 Å². The summed E-state index contributed by atoms with van der Waals surface area (Å²) >= 11 is 0. The summed E-state index contributed by atoms with van der Waals surface area (Å²) in [7, 11) is 3.24. The van der Waals surface area contributed by atoms with Gasteiger partial charge in [0, 0.05) is 18.5 Å². The maximum absolute atomic E-state index is 12.8. The molecule has 1 amide bonds. The molecule has 0 aliphatic carbocycles. The second-order valence-electron chi connectivity index (χ2n) is 11.8. The van der Waals surface area contributed by atoms with Gasteiger partial charge in [-0.05, 0) is 47.0 Å². The van der Waals surface area contributed by atoms with Crippen LogP contribution in [0.25, 0.3) is 11.0 Å². The van der Waals surface area contributed by atoms with Crippen molar-refractivity contribution in [2.24, 2.45) is 5.92 Å². The number of rotatable bonds is 11. The number of aromatic nitrogens is 3. The quantitative estimate of drug-likeness (QED) is 0.172. The van der Waals surface area contributed by atoms with E-state index in [1.165, 1.54) is 0 Å². The zero-order valence-corrected chi connectivity index (χ0v) is 26.7. The molecular weight excluding hydrogens is 600 g/mol. The Labute approximate surface area is 272 Å². The number of aliphatic hydroxyl groups is 1. The van der Waals surface area contributed by atoms with Crippen molar-refractivity contribution in [2.75, 3.05) is 26.1 Å². The average Bonchev–Trinajstić information content (AvgIpc) is 3.69. The third kappa shape index (κ3) is 6.25. The Kier molecular flexibility index (Phi) is 9.12. The van der Waals surface area contributed by atoms with E-state index in [4.69, 9.17) is 18.9 Å². The predicted molar refractivity (Wildman–Crippen MR) is 177 cm³/mol. The van der Waals surface area contributed by atoms with Gasteiger partial charge in [0.25, 0.3) is 5.56 Å². The number of anilines is 1. The fraction of sp³-hybridized carbons (Fsp3) is 0.306. The van der Waals surface area contributed by atoms with Crippen LogP contribution in [0.4, 0.5) is 5.95 Å². The van der Waals surface area contributed by atoms with Gasteiger partial charge in [-0.2, -0.15) is 4.98 Å². The van der Waals surface area contributed by atoms with Crippen LogP contribution < -0.4 is 20.3 Å². The van der Waals surface area contributed by atoms with Crippen molar-refractivity contribution in [3.8, 4) is 11.5 Å². The van der Waals surface area contributed by atoms with Crippen LogP contribution in [0.3, 0.4) is 0 Å². The number of benzene rings is 3. The number of hydrogen-bond donors (Lipinski definition) is 3. The van der Waals surface area contributed by atoms with Crippen LogP contribution in [0.5, 0.6) is 11.5 Å². The van der Waals surface area contributed by atoms with Gasteiger partial charge in [-0.1, -0.05) is 68.4 Å². The summed E-state index contributed by atoms with van der Waals surface area (Å²) in [4.78, 5) is 32.2. The van der Waals surface area contributed by atoms with Gasteiger partial charge in [-0.25, -0.2) is 0 Å². The first-order valence-electron chi connectivity index (χ1n) is 15.5. The molecule has 0 radical (unpaired) electrons. The number of hydrogen-bond acceptors (Lipinski definition) is 8. The van der Waals surface area contributed by atoms with Gasteiger partial charge in [0.15, 0.2) is 5.65 Å². The Morgan fingerprint density at radius 3 is 2.15 bits per heavy atom. The van der Waals surface area contributed by atoms with Gasteiger partial charge >= 0.3 is 0 Å². The van der Waals surface area contributed by atoms with Crippen molar-refractivity contribution in [1.82, 2.24) is 14.5 Å². The molecule has 6 rings (SSSR count). The SMILES string of the molecule is COc1ccc(C(OC[C@H]2O[C@@H](n3ccc4c(=O)[nH]c(NC(=O)C(C)C)nc43)C[C@H]2O)(c2ccccc2)c2ccc(OC)cc2)cc1. The minimum absolute atomic E-state index is 0.0352. The van der Waals surface area contributed by atoms with E-state index in [9.17, 15) is 14.7 Å². The van der Waals surface area contributed by atoms with Crippen LogP contribution >= 0.6 is 0 Å². The monoisotopic (exact) mass is 638 g/mol. The summed E-state index contributed by atoms with van der Waals surface area (Å²) in [6.45, 7) is 3.54. The number of ether oxygens (including phenoxy) is 4. The summed E-state index contributed by atoms with van der Waals surface area (Å²) in [5, 5.41) is 14.3. The molecule has 11 heteroatoms. The van der Waals surface area contributed by atoms with Crippen molar-refractivity contribution in [3.05, 3.63) is 118 Å². The number of amides is 1. The molecule has 0 bridgehead atoms. The molecule has 0 spiro atoms. The Balaban J connectivity index is 1.33. The molecule has 47 heavy (non-hydrogen) atoms. The second-order valence-corrected chi connectivity index (χ2v) is 11.8. The topological polar surface area (TPSA) is 137 Å². The van der Waals surface area contributed by atoms with Gasteiger partial charge < -0.3 is 28.6 Å². The summed E-state index contributed by atoms with van der Waals surface area (Å²) < 4.78 is 25.9. The van der Waals surface area contributed by atoms with Crippen molar-refractivity contribution in [3.63, 3.8) is 0 Å². The van der Waals surface area contributed by atoms with E-state index in [1.54, 1.807) is 44.9 Å². The number of fused-ring (bicyclic) bond motifs is 1. The minimum Gasteiger partial charge on any atom is -0.497 e. The molecule has 3 atom stereocenters. The minimum atomic E-state index is -1.08. The number of nitrogens with zero attached hydrogens (tertiary/aromatic N) is 2. The molecule has 0 unspecified atom stereocenters. The van der Waals surface area contributed by atoms with E-state index < -0.39 is 29.6 Å². The van der Waals surface area contributed by atoms with Crippen LogP contribution in [0.2, 0.25) is 0 Å². The lowest BCUT2D eigenvalue weighted by molar-refractivity contribution is -0.118. The third-order valence-corrected chi connectivity index (χ3v) is 8.50. The number of aromatic amines is 1. The summed E-state index contributed by atoms with van der Waals surface area (Å²) in [5.41, 5.74) is 1.46. The molecule has 244 valence electrons. The predicted octanol–water partition coefficient (Wildman–Crippen LogP) is 4.99. The molecule has 1 aliphatic heterocycles. The first-order chi connectivity index (χ1) is 22.7. The lowest BCUT2D eigenvalue weighted by Gasteiger charge is -2.37. The summed E-state index contributed by atoms with van der Waals surface area (Å²) in [6, 6.07) is 27.0. The van der Waals surface area contributed by atoms with E-state index in [0.717, 1.165) is 16.7 Å². The standard InChI is InChI=1S/C36H38N4O7/c1-22(2)33(42)38-35-37-32-28(34(43)39-35)18-19-40(32)31-20-29(41)30(47-31)21-46-36(23-8-6-5-7-9-23,24-10-14-26(44-3)15-11-24)25-12-16-27(45-4)17-13-25/h5-19,22,29-31,41H,20-21H2,1-4H3,(H2,37,38,39,42,43)/t29-,30-,31-/m1/s1. The van der Waals surface area contributed by atoms with Crippen LogP contribution in [0.1, 0.15) is 43.2 Å². The lowest BCUT2D eigenvalue weighted by Crippen LogP contribution is -2.38. The Bertz CT molecular complexity index is 1840.